The number of likely N-dealkylation sites (tertiary alicyclic amines) is 1. The number of rotatable bonds is 2. The first-order valence-corrected chi connectivity index (χ1v) is 10.3. The maximum absolute atomic E-state index is 13.0. The van der Waals surface area contributed by atoms with Gasteiger partial charge in [-0.2, -0.15) is 0 Å². The summed E-state index contributed by atoms with van der Waals surface area (Å²) in [6.07, 6.45) is 1.64. The van der Waals surface area contributed by atoms with E-state index in [4.69, 9.17) is 0 Å². The number of nitrogens with zero attached hydrogens (tertiary/aromatic N) is 4. The third-order valence-corrected chi connectivity index (χ3v) is 6.99. The van der Waals surface area contributed by atoms with Crippen molar-refractivity contribution in [1.82, 2.24) is 19.7 Å². The van der Waals surface area contributed by atoms with Crippen LogP contribution in [0, 0.1) is 6.92 Å². The fourth-order valence-electron chi connectivity index (χ4n) is 4.40. The van der Waals surface area contributed by atoms with Gasteiger partial charge in [0.25, 0.3) is 11.5 Å². The molecule has 1 amide bonds. The zero-order valence-corrected chi connectivity index (χ0v) is 16.4. The van der Waals surface area contributed by atoms with Crippen LogP contribution in [0.15, 0.2) is 46.6 Å². The number of fused-ring (bicyclic) bond motifs is 2. The standard InChI is InChI=1S/C21H20N4O2S/c1-14-7-12-28-17(14)19(27)24-10-8-21(13-24)9-11-25-18(26)16(22-23-20(21)25)15-5-3-2-4-6-15/h2-7,12H,8-11,13H2,1H3/t21-/m1/s1. The summed E-state index contributed by atoms with van der Waals surface area (Å²) in [5.41, 5.74) is 1.84. The maximum Gasteiger partial charge on any atom is 0.280 e. The van der Waals surface area contributed by atoms with Crippen LogP contribution in [-0.2, 0) is 12.0 Å². The molecule has 4 heterocycles. The van der Waals surface area contributed by atoms with Gasteiger partial charge in [-0.3, -0.25) is 14.2 Å². The molecule has 2 aromatic heterocycles. The molecule has 28 heavy (non-hydrogen) atoms. The lowest BCUT2D eigenvalue weighted by Gasteiger charge is -2.23. The van der Waals surface area contributed by atoms with E-state index in [1.165, 1.54) is 11.3 Å². The third-order valence-electron chi connectivity index (χ3n) is 5.98. The van der Waals surface area contributed by atoms with Crippen molar-refractivity contribution in [3.8, 4) is 11.3 Å². The molecule has 6 nitrogen and oxygen atoms in total. The summed E-state index contributed by atoms with van der Waals surface area (Å²) in [7, 11) is 0. The molecule has 1 aromatic carbocycles. The van der Waals surface area contributed by atoms with Crippen LogP contribution in [0.2, 0.25) is 0 Å². The van der Waals surface area contributed by atoms with Gasteiger partial charge in [-0.1, -0.05) is 30.3 Å². The highest BCUT2D eigenvalue weighted by molar-refractivity contribution is 7.12. The predicted octanol–water partition coefficient (Wildman–Crippen LogP) is 2.86. The molecule has 1 spiro atoms. The maximum atomic E-state index is 13.0. The molecule has 1 atom stereocenters. The number of carbonyl (C=O) groups is 1. The van der Waals surface area contributed by atoms with E-state index in [2.05, 4.69) is 10.2 Å². The molecule has 3 aromatic rings. The second-order valence-electron chi connectivity index (χ2n) is 7.63. The number of aryl methyl sites for hydroxylation is 1. The SMILES string of the molecule is Cc1ccsc1C(=O)N1CC[C@@]2(CCn3c2nnc(-c2ccccc2)c3=O)C1. The smallest absolute Gasteiger partial charge is 0.280 e. The van der Waals surface area contributed by atoms with Gasteiger partial charge in [-0.05, 0) is 36.8 Å². The van der Waals surface area contributed by atoms with Crippen molar-refractivity contribution >= 4 is 17.2 Å². The number of aromatic nitrogens is 3. The van der Waals surface area contributed by atoms with E-state index in [1.807, 2.05) is 53.6 Å². The van der Waals surface area contributed by atoms with Crippen LogP contribution in [0.4, 0.5) is 0 Å². The van der Waals surface area contributed by atoms with E-state index in [1.54, 1.807) is 4.57 Å². The Morgan fingerprint density at radius 1 is 1.11 bits per heavy atom. The summed E-state index contributed by atoms with van der Waals surface area (Å²) in [6.45, 7) is 3.88. The number of thiophene rings is 1. The minimum Gasteiger partial charge on any atom is -0.337 e. The van der Waals surface area contributed by atoms with E-state index in [-0.39, 0.29) is 16.9 Å². The first kappa shape index (κ1) is 17.3. The molecule has 1 saturated heterocycles. The van der Waals surface area contributed by atoms with E-state index in [9.17, 15) is 9.59 Å². The van der Waals surface area contributed by atoms with Gasteiger partial charge in [0.2, 0.25) is 0 Å². The Labute approximate surface area is 166 Å². The third kappa shape index (κ3) is 2.53. The van der Waals surface area contributed by atoms with Crippen molar-refractivity contribution in [1.29, 1.82) is 0 Å². The second kappa shape index (κ2) is 6.38. The highest BCUT2D eigenvalue weighted by atomic mass is 32.1. The number of benzene rings is 1. The Kier molecular flexibility index (Phi) is 3.94. The van der Waals surface area contributed by atoms with Crippen LogP contribution in [0.5, 0.6) is 0 Å². The van der Waals surface area contributed by atoms with Crippen molar-refractivity contribution in [2.45, 2.75) is 31.7 Å². The van der Waals surface area contributed by atoms with Crippen molar-refractivity contribution in [2.75, 3.05) is 13.1 Å². The van der Waals surface area contributed by atoms with Crippen LogP contribution in [-0.4, -0.2) is 38.7 Å². The van der Waals surface area contributed by atoms with Crippen LogP contribution >= 0.6 is 11.3 Å². The lowest BCUT2D eigenvalue weighted by atomic mass is 9.85. The van der Waals surface area contributed by atoms with E-state index < -0.39 is 0 Å². The van der Waals surface area contributed by atoms with Gasteiger partial charge in [-0.25, -0.2) is 0 Å². The van der Waals surface area contributed by atoms with Crippen molar-refractivity contribution in [3.05, 3.63) is 68.4 Å². The quantitative estimate of drug-likeness (QED) is 0.673. The lowest BCUT2D eigenvalue weighted by molar-refractivity contribution is 0.0787. The van der Waals surface area contributed by atoms with E-state index in [0.29, 0.717) is 25.3 Å². The van der Waals surface area contributed by atoms with Gasteiger partial charge in [0.05, 0.1) is 10.3 Å². The van der Waals surface area contributed by atoms with Gasteiger partial charge >= 0.3 is 0 Å². The Bertz CT molecular complexity index is 1120. The highest BCUT2D eigenvalue weighted by Crippen LogP contribution is 2.41. The molecular formula is C21H20N4O2S. The largest absolute Gasteiger partial charge is 0.337 e. The molecule has 0 unspecified atom stereocenters. The van der Waals surface area contributed by atoms with Crippen molar-refractivity contribution in [3.63, 3.8) is 0 Å². The summed E-state index contributed by atoms with van der Waals surface area (Å²) >= 11 is 1.49. The summed E-state index contributed by atoms with van der Waals surface area (Å²) in [5.74, 6) is 0.814. The molecule has 7 heteroatoms. The van der Waals surface area contributed by atoms with Gasteiger partial charge < -0.3 is 4.90 Å². The summed E-state index contributed by atoms with van der Waals surface area (Å²) in [6, 6.07) is 11.4. The van der Waals surface area contributed by atoms with Gasteiger partial charge in [-0.15, -0.1) is 21.5 Å². The fraction of sp³-hybridized carbons (Fsp3) is 0.333. The molecule has 5 rings (SSSR count). The van der Waals surface area contributed by atoms with E-state index >= 15 is 0 Å². The molecular weight excluding hydrogens is 372 g/mol. The summed E-state index contributed by atoms with van der Waals surface area (Å²) in [4.78, 5) is 28.7. The fourth-order valence-corrected chi connectivity index (χ4v) is 5.29. The molecule has 0 bridgehead atoms. The minimum absolute atomic E-state index is 0.0824. The minimum atomic E-state index is -0.262. The number of amides is 1. The van der Waals surface area contributed by atoms with Gasteiger partial charge in [0.15, 0.2) is 5.69 Å². The molecule has 0 N–H and O–H groups in total. The average molecular weight is 392 g/mol. The van der Waals surface area contributed by atoms with Crippen LogP contribution in [0.3, 0.4) is 0 Å². The van der Waals surface area contributed by atoms with E-state index in [0.717, 1.165) is 34.7 Å². The summed E-state index contributed by atoms with van der Waals surface area (Å²) in [5, 5.41) is 10.7. The van der Waals surface area contributed by atoms with Crippen LogP contribution in [0.25, 0.3) is 11.3 Å². The van der Waals surface area contributed by atoms with Crippen LogP contribution in [0.1, 0.15) is 33.9 Å². The number of hydrogen-bond acceptors (Lipinski definition) is 5. The Morgan fingerprint density at radius 3 is 2.64 bits per heavy atom. The Morgan fingerprint density at radius 2 is 1.89 bits per heavy atom. The second-order valence-corrected chi connectivity index (χ2v) is 8.55. The zero-order valence-electron chi connectivity index (χ0n) is 15.6. The monoisotopic (exact) mass is 392 g/mol. The zero-order chi connectivity index (χ0) is 19.3. The van der Waals surface area contributed by atoms with Crippen molar-refractivity contribution < 1.29 is 4.79 Å². The first-order chi connectivity index (χ1) is 13.6. The molecule has 2 aliphatic rings. The molecule has 0 radical (unpaired) electrons. The molecule has 2 aliphatic heterocycles. The van der Waals surface area contributed by atoms with Gasteiger partial charge in [0.1, 0.15) is 5.82 Å². The lowest BCUT2D eigenvalue weighted by Crippen LogP contribution is -2.35. The molecule has 1 fully saturated rings. The number of carbonyl (C=O) groups excluding carboxylic acids is 1. The van der Waals surface area contributed by atoms with Crippen LogP contribution < -0.4 is 5.56 Å². The normalized spacial score (nSPS) is 20.7. The topological polar surface area (TPSA) is 68.1 Å². The van der Waals surface area contributed by atoms with Gasteiger partial charge in [0, 0.05) is 25.2 Å². The first-order valence-electron chi connectivity index (χ1n) is 9.46. The molecule has 0 saturated carbocycles. The average Bonchev–Trinajstić information content (AvgIpc) is 3.43. The van der Waals surface area contributed by atoms with Crippen molar-refractivity contribution in [2.24, 2.45) is 0 Å². The molecule has 0 aliphatic carbocycles. The highest BCUT2D eigenvalue weighted by Gasteiger charge is 2.48. The summed E-state index contributed by atoms with van der Waals surface area (Å²) < 4.78 is 1.76. The Hall–Kier alpha value is -2.80. The Balaban J connectivity index is 1.47. The molecule has 142 valence electrons. The number of hydrogen-bond donors (Lipinski definition) is 0. The predicted molar refractivity (Wildman–Crippen MR) is 108 cm³/mol.